The molecule has 5 heteroatoms. The summed E-state index contributed by atoms with van der Waals surface area (Å²) in [5, 5.41) is 3.51. The molecule has 0 unspecified atom stereocenters. The van der Waals surface area contributed by atoms with Crippen molar-refractivity contribution in [2.24, 2.45) is 0 Å². The molecule has 3 aromatic rings. The van der Waals surface area contributed by atoms with Gasteiger partial charge in [0, 0.05) is 37.1 Å². The third-order valence-corrected chi connectivity index (χ3v) is 6.06. The summed E-state index contributed by atoms with van der Waals surface area (Å²) in [5.74, 6) is 2.67. The Morgan fingerprint density at radius 1 is 0.833 bits per heavy atom. The van der Waals surface area contributed by atoms with Gasteiger partial charge < -0.3 is 15.1 Å². The lowest BCUT2D eigenvalue weighted by Gasteiger charge is -2.32. The highest BCUT2D eigenvalue weighted by Gasteiger charge is 2.22. The van der Waals surface area contributed by atoms with E-state index < -0.39 is 0 Å². The maximum atomic E-state index is 5.04. The zero-order valence-corrected chi connectivity index (χ0v) is 17.6. The standard InChI is InChI=1S/C25H29N5/c1-19-11-13-21(14-12-19)26-23-18-24(29-15-5-2-6-16-29)28-25(27-23)30-17-7-9-20-8-3-4-10-22(20)30/h3-4,8,10-14,18H,2,5-7,9,15-17H2,1H3,(H,26,27,28). The number of anilines is 5. The van der Waals surface area contributed by atoms with Crippen molar-refractivity contribution >= 4 is 29.0 Å². The van der Waals surface area contributed by atoms with Gasteiger partial charge in [-0.3, -0.25) is 0 Å². The van der Waals surface area contributed by atoms with Crippen LogP contribution in [-0.2, 0) is 6.42 Å². The third kappa shape index (κ3) is 3.97. The molecule has 2 aliphatic rings. The van der Waals surface area contributed by atoms with Gasteiger partial charge in [-0.1, -0.05) is 35.9 Å². The van der Waals surface area contributed by atoms with E-state index in [1.807, 2.05) is 0 Å². The van der Waals surface area contributed by atoms with E-state index in [0.717, 1.165) is 55.7 Å². The van der Waals surface area contributed by atoms with Crippen molar-refractivity contribution in [3.8, 4) is 0 Å². The van der Waals surface area contributed by atoms with Crippen molar-refractivity contribution in [2.75, 3.05) is 34.8 Å². The molecule has 0 amide bonds. The molecule has 0 radical (unpaired) electrons. The van der Waals surface area contributed by atoms with Gasteiger partial charge >= 0.3 is 0 Å². The summed E-state index contributed by atoms with van der Waals surface area (Å²) in [6, 6.07) is 19.2. The molecule has 30 heavy (non-hydrogen) atoms. The Morgan fingerprint density at radius 2 is 1.63 bits per heavy atom. The topological polar surface area (TPSA) is 44.3 Å². The Morgan fingerprint density at radius 3 is 2.47 bits per heavy atom. The predicted octanol–water partition coefficient (Wildman–Crippen LogP) is 5.60. The van der Waals surface area contributed by atoms with E-state index in [2.05, 4.69) is 76.6 Å². The van der Waals surface area contributed by atoms with E-state index in [1.165, 1.54) is 36.1 Å². The lowest BCUT2D eigenvalue weighted by molar-refractivity contribution is 0.573. The van der Waals surface area contributed by atoms with Crippen LogP contribution in [0.25, 0.3) is 0 Å². The van der Waals surface area contributed by atoms with Gasteiger partial charge in [0.15, 0.2) is 0 Å². The van der Waals surface area contributed by atoms with E-state index in [0.29, 0.717) is 0 Å². The molecular weight excluding hydrogens is 370 g/mol. The Kier molecular flexibility index (Phi) is 5.26. The summed E-state index contributed by atoms with van der Waals surface area (Å²) in [5.41, 5.74) is 4.92. The van der Waals surface area contributed by atoms with Gasteiger partial charge in [-0.25, -0.2) is 0 Å². The highest BCUT2D eigenvalue weighted by molar-refractivity contribution is 5.68. The van der Waals surface area contributed by atoms with Gasteiger partial charge in [0.1, 0.15) is 11.6 Å². The van der Waals surface area contributed by atoms with Crippen molar-refractivity contribution in [3.63, 3.8) is 0 Å². The summed E-state index contributed by atoms with van der Waals surface area (Å²) in [7, 11) is 0. The van der Waals surface area contributed by atoms with Gasteiger partial charge in [-0.2, -0.15) is 9.97 Å². The molecule has 1 aromatic heterocycles. The van der Waals surface area contributed by atoms with Crippen molar-refractivity contribution in [1.82, 2.24) is 9.97 Å². The first kappa shape index (κ1) is 18.9. The number of nitrogens with zero attached hydrogens (tertiary/aromatic N) is 4. The molecule has 5 nitrogen and oxygen atoms in total. The fourth-order valence-corrected chi connectivity index (χ4v) is 4.42. The fraction of sp³-hybridized carbons (Fsp3) is 0.360. The van der Waals surface area contributed by atoms with Crippen molar-refractivity contribution in [2.45, 2.75) is 39.0 Å². The molecule has 0 spiro atoms. The number of hydrogen-bond donors (Lipinski definition) is 1. The predicted molar refractivity (Wildman–Crippen MR) is 124 cm³/mol. The van der Waals surface area contributed by atoms with Crippen LogP contribution in [-0.4, -0.2) is 29.6 Å². The summed E-state index contributed by atoms with van der Waals surface area (Å²) >= 11 is 0. The van der Waals surface area contributed by atoms with Gasteiger partial charge in [0.05, 0.1) is 0 Å². The zero-order chi connectivity index (χ0) is 20.3. The van der Waals surface area contributed by atoms with Crippen molar-refractivity contribution < 1.29 is 0 Å². The highest BCUT2D eigenvalue weighted by Crippen LogP contribution is 2.34. The van der Waals surface area contributed by atoms with Gasteiger partial charge in [0.2, 0.25) is 5.95 Å². The van der Waals surface area contributed by atoms with Crippen molar-refractivity contribution in [1.29, 1.82) is 0 Å². The number of hydrogen-bond acceptors (Lipinski definition) is 5. The molecule has 154 valence electrons. The molecule has 3 heterocycles. The molecule has 1 N–H and O–H groups in total. The third-order valence-electron chi connectivity index (χ3n) is 6.06. The van der Waals surface area contributed by atoms with E-state index in [1.54, 1.807) is 0 Å². The number of rotatable bonds is 4. The van der Waals surface area contributed by atoms with Crippen LogP contribution < -0.4 is 15.1 Å². The first-order valence-electron chi connectivity index (χ1n) is 11.1. The maximum Gasteiger partial charge on any atom is 0.233 e. The Bertz CT molecular complexity index is 1010. The Balaban J connectivity index is 1.53. The molecule has 0 atom stereocenters. The average molecular weight is 400 g/mol. The Labute approximate surface area is 178 Å². The molecule has 5 rings (SSSR count). The second-order valence-electron chi connectivity index (χ2n) is 8.33. The number of fused-ring (bicyclic) bond motifs is 1. The number of aryl methyl sites for hydroxylation is 2. The van der Waals surface area contributed by atoms with Crippen LogP contribution in [0.4, 0.5) is 29.0 Å². The van der Waals surface area contributed by atoms with Crippen LogP contribution in [0.5, 0.6) is 0 Å². The number of benzene rings is 2. The lowest BCUT2D eigenvalue weighted by Crippen LogP contribution is -2.32. The maximum absolute atomic E-state index is 5.04. The quantitative estimate of drug-likeness (QED) is 0.618. The zero-order valence-electron chi connectivity index (χ0n) is 17.6. The minimum atomic E-state index is 0.792. The van der Waals surface area contributed by atoms with Crippen LogP contribution in [0.2, 0.25) is 0 Å². The summed E-state index contributed by atoms with van der Waals surface area (Å²) in [4.78, 5) is 14.7. The summed E-state index contributed by atoms with van der Waals surface area (Å²) in [6.45, 7) is 5.19. The van der Waals surface area contributed by atoms with Crippen LogP contribution in [0.15, 0.2) is 54.6 Å². The number of nitrogens with one attached hydrogen (secondary N) is 1. The molecule has 0 aliphatic carbocycles. The van der Waals surface area contributed by atoms with E-state index in [9.17, 15) is 0 Å². The minimum Gasteiger partial charge on any atom is -0.356 e. The van der Waals surface area contributed by atoms with Gasteiger partial charge in [-0.05, 0) is 62.8 Å². The number of aromatic nitrogens is 2. The second-order valence-corrected chi connectivity index (χ2v) is 8.33. The van der Waals surface area contributed by atoms with Gasteiger partial charge in [0.25, 0.3) is 0 Å². The van der Waals surface area contributed by atoms with E-state index in [-0.39, 0.29) is 0 Å². The molecular formula is C25H29N5. The molecule has 2 aliphatic heterocycles. The molecule has 1 fully saturated rings. The molecule has 1 saturated heterocycles. The highest BCUT2D eigenvalue weighted by atomic mass is 15.3. The average Bonchev–Trinajstić information content (AvgIpc) is 2.80. The monoisotopic (exact) mass is 399 g/mol. The first-order valence-corrected chi connectivity index (χ1v) is 11.1. The summed E-state index contributed by atoms with van der Waals surface area (Å²) < 4.78 is 0. The first-order chi connectivity index (χ1) is 14.8. The normalized spacial score (nSPS) is 16.3. The van der Waals surface area contributed by atoms with Crippen LogP contribution in [0, 0.1) is 6.92 Å². The van der Waals surface area contributed by atoms with Gasteiger partial charge in [-0.15, -0.1) is 0 Å². The fourth-order valence-electron chi connectivity index (χ4n) is 4.42. The minimum absolute atomic E-state index is 0.792. The number of piperidine rings is 1. The van der Waals surface area contributed by atoms with E-state index in [4.69, 9.17) is 9.97 Å². The molecule has 0 saturated carbocycles. The molecule has 0 bridgehead atoms. The Hall–Kier alpha value is -3.08. The molecule has 2 aromatic carbocycles. The van der Waals surface area contributed by atoms with Crippen LogP contribution in [0.3, 0.4) is 0 Å². The summed E-state index contributed by atoms with van der Waals surface area (Å²) in [6.07, 6.45) is 6.00. The van der Waals surface area contributed by atoms with Crippen molar-refractivity contribution in [3.05, 3.63) is 65.7 Å². The smallest absolute Gasteiger partial charge is 0.233 e. The van der Waals surface area contributed by atoms with Crippen LogP contribution >= 0.6 is 0 Å². The second kappa shape index (κ2) is 8.34. The SMILES string of the molecule is Cc1ccc(Nc2cc(N3CCCCC3)nc(N3CCCc4ccccc43)n2)cc1. The number of para-hydroxylation sites is 1. The largest absolute Gasteiger partial charge is 0.356 e. The van der Waals surface area contributed by atoms with Crippen LogP contribution in [0.1, 0.15) is 36.8 Å². The van der Waals surface area contributed by atoms with E-state index >= 15 is 0 Å². The lowest BCUT2D eigenvalue weighted by atomic mass is 10.0.